The molecule has 0 saturated carbocycles. The van der Waals surface area contributed by atoms with Gasteiger partial charge in [0.25, 0.3) is 0 Å². The second kappa shape index (κ2) is 12.9. The van der Waals surface area contributed by atoms with Gasteiger partial charge in [-0.2, -0.15) is 0 Å². The zero-order chi connectivity index (χ0) is 37.0. The number of imidazole rings is 1. The van der Waals surface area contributed by atoms with Gasteiger partial charge in [-0.05, 0) is 104 Å². The molecule has 7 rings (SSSR count). The molecule has 5 aromatic carbocycles. The van der Waals surface area contributed by atoms with Crippen LogP contribution in [0.4, 0.5) is 0 Å². The molecule has 2 heterocycles. The average Bonchev–Trinajstić information content (AvgIpc) is 3.50. The number of phenols is 1. The van der Waals surface area contributed by atoms with Gasteiger partial charge in [-0.3, -0.25) is 9.55 Å². The van der Waals surface area contributed by atoms with Crippen molar-refractivity contribution in [2.24, 2.45) is 0 Å². The van der Waals surface area contributed by atoms with E-state index in [1.807, 2.05) is 42.6 Å². The molecule has 0 amide bonds. The van der Waals surface area contributed by atoms with Crippen LogP contribution in [0.1, 0.15) is 79.0 Å². The lowest BCUT2D eigenvalue weighted by molar-refractivity contribution is 0.477. The summed E-state index contributed by atoms with van der Waals surface area (Å²) in [6.07, 6.45) is 1.94. The smallest absolute Gasteiger partial charge is 0.149 e. The first-order chi connectivity index (χ1) is 24.6. The highest BCUT2D eigenvalue weighted by molar-refractivity contribution is 5.96. The molecule has 0 aliphatic heterocycles. The van der Waals surface area contributed by atoms with Crippen molar-refractivity contribution in [3.63, 3.8) is 0 Å². The summed E-state index contributed by atoms with van der Waals surface area (Å²) in [5, 5.41) is 11.0. The summed E-state index contributed by atoms with van der Waals surface area (Å²) < 4.78 is 2.14. The Morgan fingerprint density at radius 3 is 1.73 bits per heavy atom. The van der Waals surface area contributed by atoms with E-state index in [1.165, 1.54) is 22.3 Å². The lowest BCUT2D eigenvalue weighted by Gasteiger charge is -2.26. The second-order valence-corrected chi connectivity index (χ2v) is 17.1. The SMILES string of the molecule is CC(C)(C)c1cc(-c2cc(-c3cc(C(C)(C)C)cc(C(C)(C)C)c3)ccn2)cc(-c2cccc3c2nc(-c2ccccc2O)n3-c2ccccc2)c1. The van der Waals surface area contributed by atoms with Gasteiger partial charge in [-0.1, -0.05) is 129 Å². The van der Waals surface area contributed by atoms with Crippen molar-refractivity contribution >= 4 is 11.0 Å². The highest BCUT2D eigenvalue weighted by Gasteiger charge is 2.24. The number of phenolic OH excluding ortho intramolecular Hbond substituents is 1. The third kappa shape index (κ3) is 6.78. The number of hydrogen-bond donors (Lipinski definition) is 1. The zero-order valence-corrected chi connectivity index (χ0v) is 31.9. The van der Waals surface area contributed by atoms with Crippen LogP contribution in [0.2, 0.25) is 0 Å². The Balaban J connectivity index is 1.43. The van der Waals surface area contributed by atoms with Gasteiger partial charge in [-0.15, -0.1) is 0 Å². The third-order valence-electron chi connectivity index (χ3n) is 10.0. The van der Waals surface area contributed by atoms with Crippen molar-refractivity contribution in [1.82, 2.24) is 14.5 Å². The number of hydrogen-bond acceptors (Lipinski definition) is 3. The molecule has 0 atom stereocenters. The van der Waals surface area contributed by atoms with Crippen molar-refractivity contribution in [2.45, 2.75) is 78.6 Å². The van der Waals surface area contributed by atoms with E-state index in [9.17, 15) is 5.11 Å². The first-order valence-electron chi connectivity index (χ1n) is 18.2. The van der Waals surface area contributed by atoms with Crippen LogP contribution >= 0.6 is 0 Å². The molecule has 4 heteroatoms. The van der Waals surface area contributed by atoms with E-state index in [2.05, 4.69) is 146 Å². The number of para-hydroxylation sites is 3. The number of benzene rings is 5. The van der Waals surface area contributed by atoms with E-state index in [0.29, 0.717) is 11.4 Å². The average molecular weight is 684 g/mol. The molecular formula is C48H49N3O. The minimum absolute atomic E-state index is 0.0233. The number of nitrogens with zero attached hydrogens (tertiary/aromatic N) is 3. The van der Waals surface area contributed by atoms with Gasteiger partial charge in [-0.25, -0.2) is 4.98 Å². The molecule has 0 aliphatic carbocycles. The number of fused-ring (bicyclic) bond motifs is 1. The van der Waals surface area contributed by atoms with Crippen molar-refractivity contribution in [3.8, 4) is 56.3 Å². The summed E-state index contributed by atoms with van der Waals surface area (Å²) in [5.74, 6) is 0.891. The number of aromatic nitrogens is 3. The zero-order valence-electron chi connectivity index (χ0n) is 31.9. The van der Waals surface area contributed by atoms with Crippen molar-refractivity contribution in [2.75, 3.05) is 0 Å². The van der Waals surface area contributed by atoms with E-state index >= 15 is 0 Å². The maximum Gasteiger partial charge on any atom is 0.149 e. The highest BCUT2D eigenvalue weighted by Crippen LogP contribution is 2.40. The van der Waals surface area contributed by atoms with Crippen molar-refractivity contribution in [1.29, 1.82) is 0 Å². The predicted molar refractivity (Wildman–Crippen MR) is 218 cm³/mol. The van der Waals surface area contributed by atoms with Crippen molar-refractivity contribution < 1.29 is 5.11 Å². The van der Waals surface area contributed by atoms with Crippen LogP contribution in [0, 0.1) is 0 Å². The first-order valence-corrected chi connectivity index (χ1v) is 18.2. The van der Waals surface area contributed by atoms with Crippen molar-refractivity contribution in [3.05, 3.63) is 144 Å². The maximum atomic E-state index is 11.0. The van der Waals surface area contributed by atoms with Gasteiger partial charge >= 0.3 is 0 Å². The second-order valence-electron chi connectivity index (χ2n) is 17.1. The number of aromatic hydroxyl groups is 1. The van der Waals surface area contributed by atoms with E-state index in [4.69, 9.17) is 9.97 Å². The lowest BCUT2D eigenvalue weighted by atomic mass is 9.79. The first kappa shape index (κ1) is 34.9. The summed E-state index contributed by atoms with van der Waals surface area (Å²) in [4.78, 5) is 10.2. The number of rotatable bonds is 5. The van der Waals surface area contributed by atoms with Gasteiger partial charge in [0.15, 0.2) is 0 Å². The molecule has 0 radical (unpaired) electrons. The standard InChI is InChI=1S/C48H49N3O/c1-46(2,3)35-27-33(24-34(28-35)41-29-31(22-23-49-41)32-25-36(47(4,5)6)30-37(26-32)48(7,8)9)39-19-15-20-42-44(39)50-45(40-18-13-14-21-43(40)52)51(42)38-16-11-10-12-17-38/h10-30,52H,1-9H3. The summed E-state index contributed by atoms with van der Waals surface area (Å²) in [5.41, 5.74) is 13.8. The third-order valence-corrected chi connectivity index (χ3v) is 10.0. The van der Waals surface area contributed by atoms with Gasteiger partial charge in [0.1, 0.15) is 11.6 Å². The Bertz CT molecular complexity index is 2380. The molecule has 2 aromatic heterocycles. The van der Waals surface area contributed by atoms with Crippen LogP contribution in [0.3, 0.4) is 0 Å². The summed E-state index contributed by atoms with van der Waals surface area (Å²) >= 11 is 0. The molecule has 7 aromatic rings. The molecule has 4 nitrogen and oxygen atoms in total. The fourth-order valence-corrected chi connectivity index (χ4v) is 6.81. The van der Waals surface area contributed by atoms with Gasteiger partial charge < -0.3 is 5.11 Å². The number of pyridine rings is 1. The summed E-state index contributed by atoms with van der Waals surface area (Å²) in [6.45, 7) is 20.5. The quantitative estimate of drug-likeness (QED) is 0.196. The Hall–Kier alpha value is -5.48. The van der Waals surface area contributed by atoms with Crippen LogP contribution in [-0.2, 0) is 16.2 Å². The normalized spacial score (nSPS) is 12.4. The topological polar surface area (TPSA) is 50.9 Å². The molecule has 1 N–H and O–H groups in total. The van der Waals surface area contributed by atoms with Gasteiger partial charge in [0.2, 0.25) is 0 Å². The van der Waals surface area contributed by atoms with Crippen LogP contribution in [0.15, 0.2) is 128 Å². The molecule has 52 heavy (non-hydrogen) atoms. The monoisotopic (exact) mass is 683 g/mol. The highest BCUT2D eigenvalue weighted by atomic mass is 16.3. The summed E-state index contributed by atoms with van der Waals surface area (Å²) in [6, 6.07) is 42.3. The Labute approximate surface area is 308 Å². The molecule has 0 bridgehead atoms. The Kier molecular flexibility index (Phi) is 8.69. The van der Waals surface area contributed by atoms with Gasteiger partial charge in [0, 0.05) is 23.0 Å². The maximum absolute atomic E-state index is 11.0. The molecule has 262 valence electrons. The van der Waals surface area contributed by atoms with E-state index < -0.39 is 0 Å². The molecule has 0 saturated heterocycles. The predicted octanol–water partition coefficient (Wildman–Crippen LogP) is 12.7. The van der Waals surface area contributed by atoms with Crippen LogP contribution in [0.5, 0.6) is 5.75 Å². The molecule has 0 aliphatic rings. The molecule has 0 fully saturated rings. The van der Waals surface area contributed by atoms with E-state index in [0.717, 1.165) is 44.7 Å². The fourth-order valence-electron chi connectivity index (χ4n) is 6.81. The largest absolute Gasteiger partial charge is 0.507 e. The van der Waals surface area contributed by atoms with Crippen LogP contribution in [-0.4, -0.2) is 19.6 Å². The summed E-state index contributed by atoms with van der Waals surface area (Å²) in [7, 11) is 0. The minimum Gasteiger partial charge on any atom is -0.507 e. The Morgan fingerprint density at radius 2 is 1.08 bits per heavy atom. The van der Waals surface area contributed by atoms with E-state index in [-0.39, 0.29) is 22.0 Å². The van der Waals surface area contributed by atoms with E-state index in [1.54, 1.807) is 6.07 Å². The molecular weight excluding hydrogens is 635 g/mol. The lowest BCUT2D eigenvalue weighted by Crippen LogP contribution is -2.16. The van der Waals surface area contributed by atoms with Crippen LogP contribution < -0.4 is 0 Å². The Morgan fingerprint density at radius 1 is 0.500 bits per heavy atom. The fraction of sp³-hybridized carbons (Fsp3) is 0.250. The minimum atomic E-state index is -0.108. The van der Waals surface area contributed by atoms with Crippen LogP contribution in [0.25, 0.3) is 61.6 Å². The molecule has 0 spiro atoms. The van der Waals surface area contributed by atoms with Gasteiger partial charge in [0.05, 0.1) is 22.3 Å². The molecule has 0 unspecified atom stereocenters.